The van der Waals surface area contributed by atoms with Crippen molar-refractivity contribution in [2.24, 2.45) is 0 Å². The molecule has 0 atom stereocenters. The van der Waals surface area contributed by atoms with Gasteiger partial charge in [0.15, 0.2) is 5.58 Å². The topological polar surface area (TPSA) is 31.0 Å². The summed E-state index contributed by atoms with van der Waals surface area (Å²) in [6.45, 7) is 9.78. The van der Waals surface area contributed by atoms with Crippen molar-refractivity contribution < 1.29 is 4.42 Å². The van der Waals surface area contributed by atoms with Crippen LogP contribution in [0.25, 0.3) is 44.4 Å². The molecular formula is C25H24N2O. The summed E-state index contributed by atoms with van der Waals surface area (Å²) in [6.07, 6.45) is 0. The molecular weight excluding hydrogens is 344 g/mol. The summed E-state index contributed by atoms with van der Waals surface area (Å²) in [5.74, 6) is 0.677. The molecule has 0 aliphatic rings. The summed E-state index contributed by atoms with van der Waals surface area (Å²) in [5.41, 5.74) is 6.64. The molecule has 0 amide bonds. The summed E-state index contributed by atoms with van der Waals surface area (Å²) >= 11 is 0. The second kappa shape index (κ2) is 5.96. The number of aromatic nitrogens is 2. The average Bonchev–Trinajstić information content (AvgIpc) is 3.25. The number of para-hydroxylation sites is 1. The van der Waals surface area contributed by atoms with Crippen molar-refractivity contribution in [2.45, 2.75) is 39.7 Å². The van der Waals surface area contributed by atoms with Gasteiger partial charge in [-0.05, 0) is 54.3 Å². The van der Waals surface area contributed by atoms with Crippen molar-refractivity contribution in [2.75, 3.05) is 0 Å². The van der Waals surface area contributed by atoms with Crippen LogP contribution >= 0.6 is 0 Å². The number of hydrogen-bond donors (Lipinski definition) is 0. The molecule has 5 rings (SSSR count). The van der Waals surface area contributed by atoms with E-state index in [2.05, 4.69) is 86.9 Å². The number of hydrogen-bond acceptors (Lipinski definition) is 2. The maximum absolute atomic E-state index is 6.10. The third-order valence-corrected chi connectivity index (χ3v) is 5.59. The van der Waals surface area contributed by atoms with E-state index < -0.39 is 0 Å². The van der Waals surface area contributed by atoms with Crippen LogP contribution in [0.5, 0.6) is 0 Å². The van der Waals surface area contributed by atoms with Gasteiger partial charge in [0.2, 0.25) is 5.89 Å². The van der Waals surface area contributed by atoms with E-state index in [9.17, 15) is 0 Å². The number of fused-ring (bicyclic) bond motifs is 4. The van der Waals surface area contributed by atoms with Gasteiger partial charge in [-0.2, -0.15) is 0 Å². The highest BCUT2D eigenvalue weighted by Crippen LogP contribution is 2.34. The summed E-state index contributed by atoms with van der Waals surface area (Å²) in [6, 6.07) is 21.4. The Bertz CT molecular complexity index is 1330. The first-order valence-corrected chi connectivity index (χ1v) is 9.88. The number of aryl methyl sites for hydroxylation is 1. The second-order valence-electron chi connectivity index (χ2n) is 8.44. The Morgan fingerprint density at radius 1 is 0.893 bits per heavy atom. The molecule has 5 aromatic rings. The van der Waals surface area contributed by atoms with E-state index in [0.717, 1.165) is 23.2 Å². The maximum atomic E-state index is 6.10. The molecule has 3 aromatic carbocycles. The number of nitrogens with zero attached hydrogens (tertiary/aromatic N) is 2. The number of benzene rings is 3. The minimum Gasteiger partial charge on any atom is -0.436 e. The van der Waals surface area contributed by atoms with Gasteiger partial charge in [0.1, 0.15) is 5.52 Å². The Balaban J connectivity index is 1.70. The monoisotopic (exact) mass is 368 g/mol. The van der Waals surface area contributed by atoms with Gasteiger partial charge >= 0.3 is 0 Å². The maximum Gasteiger partial charge on any atom is 0.227 e. The normalized spacial score (nSPS) is 12.4. The molecule has 0 radical (unpaired) electrons. The van der Waals surface area contributed by atoms with Crippen LogP contribution in [0.1, 0.15) is 33.3 Å². The molecule has 3 heteroatoms. The van der Waals surface area contributed by atoms with Crippen molar-refractivity contribution in [1.29, 1.82) is 0 Å². The summed E-state index contributed by atoms with van der Waals surface area (Å²) in [4.78, 5) is 4.80. The van der Waals surface area contributed by atoms with E-state index in [0.29, 0.717) is 5.89 Å². The first-order valence-electron chi connectivity index (χ1n) is 9.88. The minimum absolute atomic E-state index is 0.0915. The van der Waals surface area contributed by atoms with Crippen LogP contribution in [-0.2, 0) is 12.0 Å². The van der Waals surface area contributed by atoms with Gasteiger partial charge in [-0.25, -0.2) is 4.98 Å². The Morgan fingerprint density at radius 3 is 2.46 bits per heavy atom. The van der Waals surface area contributed by atoms with E-state index in [1.807, 2.05) is 6.07 Å². The molecule has 0 aliphatic heterocycles. The van der Waals surface area contributed by atoms with Gasteiger partial charge in [0.25, 0.3) is 0 Å². The Kier molecular flexibility index (Phi) is 3.63. The number of rotatable bonds is 2. The van der Waals surface area contributed by atoms with Crippen molar-refractivity contribution >= 4 is 32.9 Å². The molecule has 140 valence electrons. The SMILES string of the molecule is CCn1c2ccccc2c2cc(-c3nc4cc(C(C)(C)C)ccc4o3)ccc21. The third kappa shape index (κ3) is 2.54. The molecule has 2 heterocycles. The van der Waals surface area contributed by atoms with Gasteiger partial charge < -0.3 is 8.98 Å². The number of oxazole rings is 1. The van der Waals surface area contributed by atoms with Crippen molar-refractivity contribution in [1.82, 2.24) is 9.55 Å². The third-order valence-electron chi connectivity index (χ3n) is 5.59. The van der Waals surface area contributed by atoms with Gasteiger partial charge in [0.05, 0.1) is 0 Å². The van der Waals surface area contributed by atoms with E-state index in [-0.39, 0.29) is 5.41 Å². The van der Waals surface area contributed by atoms with Crippen LogP contribution in [0.3, 0.4) is 0 Å². The standard InChI is InChI=1S/C25H24N2O/c1-5-27-21-9-7-6-8-18(21)19-14-16(10-12-22(19)27)24-26-20-15-17(25(2,3)4)11-13-23(20)28-24/h6-15H,5H2,1-4H3. The highest BCUT2D eigenvalue weighted by molar-refractivity contribution is 6.09. The fourth-order valence-electron chi connectivity index (χ4n) is 4.04. The molecule has 3 nitrogen and oxygen atoms in total. The van der Waals surface area contributed by atoms with Gasteiger partial charge in [-0.1, -0.05) is 45.0 Å². The average molecular weight is 368 g/mol. The van der Waals surface area contributed by atoms with E-state index in [1.165, 1.54) is 27.4 Å². The van der Waals surface area contributed by atoms with Gasteiger partial charge in [0, 0.05) is 33.9 Å². The van der Waals surface area contributed by atoms with Gasteiger partial charge in [-0.15, -0.1) is 0 Å². The summed E-state index contributed by atoms with van der Waals surface area (Å²) in [7, 11) is 0. The van der Waals surface area contributed by atoms with Crippen LogP contribution in [0.15, 0.2) is 65.1 Å². The molecule has 0 bridgehead atoms. The predicted octanol–water partition coefficient (Wildman–Crippen LogP) is 6.92. The first kappa shape index (κ1) is 17.1. The Hall–Kier alpha value is -3.07. The Morgan fingerprint density at radius 2 is 1.68 bits per heavy atom. The lowest BCUT2D eigenvalue weighted by Crippen LogP contribution is -2.10. The minimum atomic E-state index is 0.0915. The molecule has 0 fully saturated rings. The molecule has 0 saturated heterocycles. The highest BCUT2D eigenvalue weighted by atomic mass is 16.3. The molecule has 0 saturated carbocycles. The van der Waals surface area contributed by atoms with Crippen LogP contribution < -0.4 is 0 Å². The predicted molar refractivity (Wildman–Crippen MR) is 117 cm³/mol. The van der Waals surface area contributed by atoms with Crippen LogP contribution in [-0.4, -0.2) is 9.55 Å². The first-order chi connectivity index (χ1) is 13.5. The van der Waals surface area contributed by atoms with Crippen molar-refractivity contribution in [3.8, 4) is 11.5 Å². The largest absolute Gasteiger partial charge is 0.436 e. The second-order valence-corrected chi connectivity index (χ2v) is 8.44. The Labute approximate surface area is 164 Å². The van der Waals surface area contributed by atoms with Crippen LogP contribution in [0, 0.1) is 0 Å². The summed E-state index contributed by atoms with van der Waals surface area (Å²) in [5, 5.41) is 2.51. The lowest BCUT2D eigenvalue weighted by molar-refractivity contribution is 0.590. The zero-order chi connectivity index (χ0) is 19.5. The fraction of sp³-hybridized carbons (Fsp3) is 0.240. The zero-order valence-corrected chi connectivity index (χ0v) is 16.8. The lowest BCUT2D eigenvalue weighted by atomic mass is 9.87. The molecule has 0 spiro atoms. The quantitative estimate of drug-likeness (QED) is 0.338. The van der Waals surface area contributed by atoms with E-state index in [4.69, 9.17) is 9.40 Å². The molecule has 0 N–H and O–H groups in total. The highest BCUT2D eigenvalue weighted by Gasteiger charge is 2.17. The van der Waals surface area contributed by atoms with E-state index >= 15 is 0 Å². The molecule has 28 heavy (non-hydrogen) atoms. The summed E-state index contributed by atoms with van der Waals surface area (Å²) < 4.78 is 8.46. The smallest absolute Gasteiger partial charge is 0.227 e. The zero-order valence-electron chi connectivity index (χ0n) is 16.8. The molecule has 2 aromatic heterocycles. The molecule has 0 aliphatic carbocycles. The van der Waals surface area contributed by atoms with E-state index in [1.54, 1.807) is 0 Å². The fourth-order valence-corrected chi connectivity index (χ4v) is 4.04. The van der Waals surface area contributed by atoms with Crippen LogP contribution in [0.2, 0.25) is 0 Å². The van der Waals surface area contributed by atoms with Crippen molar-refractivity contribution in [3.05, 3.63) is 66.2 Å². The van der Waals surface area contributed by atoms with Gasteiger partial charge in [-0.3, -0.25) is 0 Å². The lowest BCUT2D eigenvalue weighted by Gasteiger charge is -2.18. The van der Waals surface area contributed by atoms with Crippen molar-refractivity contribution in [3.63, 3.8) is 0 Å². The molecule has 0 unspecified atom stereocenters. The van der Waals surface area contributed by atoms with Crippen LogP contribution in [0.4, 0.5) is 0 Å².